The lowest BCUT2D eigenvalue weighted by Gasteiger charge is -2.14. The zero-order valence-electron chi connectivity index (χ0n) is 17.3. The van der Waals surface area contributed by atoms with Crippen LogP contribution in [-0.4, -0.2) is 35.2 Å². The summed E-state index contributed by atoms with van der Waals surface area (Å²) in [5, 5.41) is 18.7. The van der Waals surface area contributed by atoms with E-state index in [1.165, 1.54) is 0 Å². The van der Waals surface area contributed by atoms with Gasteiger partial charge in [0.15, 0.2) is 6.61 Å². The van der Waals surface area contributed by atoms with Gasteiger partial charge in [-0.3, -0.25) is 5.32 Å². The van der Waals surface area contributed by atoms with E-state index in [4.69, 9.17) is 11.2 Å². The first-order valence-electron chi connectivity index (χ1n) is 9.72. The van der Waals surface area contributed by atoms with Gasteiger partial charge in [0.2, 0.25) is 0 Å². The van der Waals surface area contributed by atoms with Crippen LogP contribution in [0.2, 0.25) is 0 Å². The molecule has 0 saturated heterocycles. The standard InChI is InChI=1S/C23H20N6O3/c1-3-9-32-23(31)28-13-16-5-6-18(15-7-8-26-17(10-15)12-24)19-11-21(27-14-20(16)19)29-22(30)25-4-2/h1,5-8,10-11,14H,4,9,13H2,2H3,(H,28,31)(H2,25,27,29,30). The Kier molecular flexibility index (Phi) is 7.18. The van der Waals surface area contributed by atoms with Crippen LogP contribution in [0.3, 0.4) is 0 Å². The third-order valence-electron chi connectivity index (χ3n) is 4.47. The molecule has 0 fully saturated rings. The Morgan fingerprint density at radius 3 is 2.75 bits per heavy atom. The number of terminal acetylenes is 1. The van der Waals surface area contributed by atoms with E-state index in [0.29, 0.717) is 12.4 Å². The highest BCUT2D eigenvalue weighted by molar-refractivity contribution is 6.01. The van der Waals surface area contributed by atoms with Crippen LogP contribution in [0.1, 0.15) is 18.2 Å². The van der Waals surface area contributed by atoms with Crippen molar-refractivity contribution in [1.82, 2.24) is 20.6 Å². The number of ether oxygens (including phenoxy) is 1. The number of aromatic nitrogens is 2. The summed E-state index contributed by atoms with van der Waals surface area (Å²) in [5.74, 6) is 2.59. The van der Waals surface area contributed by atoms with Crippen molar-refractivity contribution in [2.24, 2.45) is 0 Å². The van der Waals surface area contributed by atoms with Gasteiger partial charge in [0.25, 0.3) is 0 Å². The van der Waals surface area contributed by atoms with Crippen LogP contribution in [-0.2, 0) is 11.3 Å². The van der Waals surface area contributed by atoms with E-state index in [2.05, 4.69) is 31.8 Å². The predicted octanol–water partition coefficient (Wildman–Crippen LogP) is 3.17. The first kappa shape index (κ1) is 22.1. The number of hydrogen-bond acceptors (Lipinski definition) is 6. The summed E-state index contributed by atoms with van der Waals surface area (Å²) in [6.45, 7) is 2.36. The number of fused-ring (bicyclic) bond motifs is 1. The van der Waals surface area contributed by atoms with Crippen molar-refractivity contribution in [2.75, 3.05) is 18.5 Å². The summed E-state index contributed by atoms with van der Waals surface area (Å²) in [7, 11) is 0. The third kappa shape index (κ3) is 5.29. The minimum atomic E-state index is -0.629. The molecule has 0 unspecified atom stereocenters. The molecule has 3 rings (SSSR count). The molecule has 0 saturated carbocycles. The van der Waals surface area contributed by atoms with Crippen LogP contribution >= 0.6 is 0 Å². The fourth-order valence-corrected chi connectivity index (χ4v) is 3.08. The highest BCUT2D eigenvalue weighted by Gasteiger charge is 2.13. The Morgan fingerprint density at radius 1 is 1.16 bits per heavy atom. The molecule has 9 heteroatoms. The molecular formula is C23H20N6O3. The van der Waals surface area contributed by atoms with Crippen molar-refractivity contribution in [3.8, 4) is 29.5 Å². The number of rotatable bonds is 6. The molecule has 3 aromatic rings. The quantitative estimate of drug-likeness (QED) is 0.517. The lowest BCUT2D eigenvalue weighted by Crippen LogP contribution is -2.28. The van der Waals surface area contributed by atoms with Crippen molar-refractivity contribution < 1.29 is 14.3 Å². The number of nitrogens with zero attached hydrogens (tertiary/aromatic N) is 3. The highest BCUT2D eigenvalue weighted by atomic mass is 16.5. The topological polar surface area (TPSA) is 129 Å². The summed E-state index contributed by atoms with van der Waals surface area (Å²) in [6, 6.07) is 10.6. The lowest BCUT2D eigenvalue weighted by atomic mass is 9.96. The smallest absolute Gasteiger partial charge is 0.408 e. The minimum absolute atomic E-state index is 0.120. The number of hydrogen-bond donors (Lipinski definition) is 3. The SMILES string of the molecule is C#CCOC(=O)NCc1ccc(-c2ccnc(C#N)c2)c2cc(NC(=O)NCC)ncc12. The average Bonchev–Trinajstić information content (AvgIpc) is 2.81. The summed E-state index contributed by atoms with van der Waals surface area (Å²) in [6.07, 6.45) is 7.65. The molecule has 3 N–H and O–H groups in total. The fourth-order valence-electron chi connectivity index (χ4n) is 3.08. The second kappa shape index (κ2) is 10.4. The Hall–Kier alpha value is -4.63. The molecule has 0 radical (unpaired) electrons. The van der Waals surface area contributed by atoms with Gasteiger partial charge in [-0.05, 0) is 47.2 Å². The van der Waals surface area contributed by atoms with Crippen LogP contribution in [0.25, 0.3) is 21.9 Å². The van der Waals surface area contributed by atoms with Crippen LogP contribution < -0.4 is 16.0 Å². The lowest BCUT2D eigenvalue weighted by molar-refractivity contribution is 0.159. The Balaban J connectivity index is 2.03. The van der Waals surface area contributed by atoms with Gasteiger partial charge in [0.05, 0.1) is 0 Å². The molecular weight excluding hydrogens is 408 g/mol. The maximum atomic E-state index is 11.9. The number of pyridine rings is 2. The maximum absolute atomic E-state index is 11.9. The number of nitrogens with one attached hydrogen (secondary N) is 3. The minimum Gasteiger partial charge on any atom is -0.436 e. The number of anilines is 1. The Morgan fingerprint density at radius 2 is 2.00 bits per heavy atom. The van der Waals surface area contributed by atoms with Gasteiger partial charge in [0.1, 0.15) is 17.6 Å². The summed E-state index contributed by atoms with van der Waals surface area (Å²) in [5.41, 5.74) is 2.67. The van der Waals surface area contributed by atoms with Crippen molar-refractivity contribution in [3.63, 3.8) is 0 Å². The van der Waals surface area contributed by atoms with E-state index < -0.39 is 6.09 Å². The molecule has 160 valence electrons. The summed E-state index contributed by atoms with van der Waals surface area (Å²) in [4.78, 5) is 32.1. The summed E-state index contributed by atoms with van der Waals surface area (Å²) < 4.78 is 4.84. The zero-order valence-corrected chi connectivity index (χ0v) is 17.3. The van der Waals surface area contributed by atoms with Gasteiger partial charge in [-0.15, -0.1) is 6.42 Å². The van der Waals surface area contributed by atoms with Crippen molar-refractivity contribution in [2.45, 2.75) is 13.5 Å². The van der Waals surface area contributed by atoms with Crippen LogP contribution in [0.15, 0.2) is 42.7 Å². The number of urea groups is 1. The molecule has 1 aromatic carbocycles. The van der Waals surface area contributed by atoms with Gasteiger partial charge in [0, 0.05) is 30.9 Å². The van der Waals surface area contributed by atoms with Gasteiger partial charge >= 0.3 is 12.1 Å². The first-order valence-corrected chi connectivity index (χ1v) is 9.72. The van der Waals surface area contributed by atoms with Crippen LogP contribution in [0.5, 0.6) is 0 Å². The predicted molar refractivity (Wildman–Crippen MR) is 119 cm³/mol. The molecule has 0 atom stereocenters. The molecule has 2 heterocycles. The number of carbonyl (C=O) groups excluding carboxylic acids is 2. The number of amides is 3. The van der Waals surface area contributed by atoms with Gasteiger partial charge in [-0.1, -0.05) is 18.1 Å². The van der Waals surface area contributed by atoms with Crippen molar-refractivity contribution in [1.29, 1.82) is 5.26 Å². The van der Waals surface area contributed by atoms with Crippen molar-refractivity contribution >= 4 is 28.7 Å². The van der Waals surface area contributed by atoms with Gasteiger partial charge < -0.3 is 15.4 Å². The number of nitriles is 1. The molecule has 0 aliphatic carbocycles. The van der Waals surface area contributed by atoms with E-state index in [1.807, 2.05) is 25.1 Å². The first-order chi connectivity index (χ1) is 15.5. The maximum Gasteiger partial charge on any atom is 0.408 e. The van der Waals surface area contributed by atoms with E-state index in [1.54, 1.807) is 30.6 Å². The van der Waals surface area contributed by atoms with Gasteiger partial charge in [-0.25, -0.2) is 19.6 Å². The molecule has 0 bridgehead atoms. The second-order valence-corrected chi connectivity index (χ2v) is 6.55. The summed E-state index contributed by atoms with van der Waals surface area (Å²) >= 11 is 0. The number of carbonyl (C=O) groups is 2. The molecule has 3 amide bonds. The Bertz CT molecular complexity index is 1240. The molecule has 0 aliphatic rings. The molecule has 0 spiro atoms. The average molecular weight is 428 g/mol. The van der Waals surface area contributed by atoms with E-state index >= 15 is 0 Å². The normalized spacial score (nSPS) is 9.97. The highest BCUT2D eigenvalue weighted by Crippen LogP contribution is 2.32. The van der Waals surface area contributed by atoms with Crippen LogP contribution in [0, 0.1) is 23.7 Å². The Labute approximate surface area is 184 Å². The third-order valence-corrected chi connectivity index (χ3v) is 4.47. The zero-order chi connectivity index (χ0) is 22.9. The number of alkyl carbamates (subject to hydrolysis) is 1. The van der Waals surface area contributed by atoms with Crippen LogP contribution in [0.4, 0.5) is 15.4 Å². The monoisotopic (exact) mass is 428 g/mol. The van der Waals surface area contributed by atoms with Gasteiger partial charge in [-0.2, -0.15) is 5.26 Å². The molecule has 2 aromatic heterocycles. The molecule has 0 aliphatic heterocycles. The van der Waals surface area contributed by atoms with E-state index in [9.17, 15) is 14.9 Å². The largest absolute Gasteiger partial charge is 0.436 e. The molecule has 32 heavy (non-hydrogen) atoms. The van der Waals surface area contributed by atoms with Crippen molar-refractivity contribution in [3.05, 3.63) is 54.0 Å². The fraction of sp³-hybridized carbons (Fsp3) is 0.174. The van der Waals surface area contributed by atoms with E-state index in [0.717, 1.165) is 27.5 Å². The molecule has 9 nitrogen and oxygen atoms in total. The second-order valence-electron chi connectivity index (χ2n) is 6.55. The number of benzene rings is 1. The van der Waals surface area contributed by atoms with E-state index in [-0.39, 0.29) is 24.9 Å².